The number of esters is 1. The Labute approximate surface area is 193 Å². The van der Waals surface area contributed by atoms with Gasteiger partial charge in [-0.25, -0.2) is 4.79 Å². The molecule has 0 fully saturated rings. The van der Waals surface area contributed by atoms with Crippen LogP contribution in [0, 0.1) is 10.1 Å². The third-order valence-corrected chi connectivity index (χ3v) is 7.08. The fraction of sp³-hybridized carbons (Fsp3) is 0.182. The van der Waals surface area contributed by atoms with Crippen LogP contribution in [0.15, 0.2) is 68.9 Å². The number of nitro groups is 1. The molecule has 166 valence electrons. The summed E-state index contributed by atoms with van der Waals surface area (Å²) in [5, 5.41) is 11.3. The highest BCUT2D eigenvalue weighted by Crippen LogP contribution is 2.50. The Balaban J connectivity index is 2.20. The van der Waals surface area contributed by atoms with Gasteiger partial charge in [-0.15, -0.1) is 11.8 Å². The second kappa shape index (κ2) is 9.92. The fourth-order valence-electron chi connectivity index (χ4n) is 3.34. The van der Waals surface area contributed by atoms with Crippen LogP contribution in [-0.2, 0) is 9.53 Å². The minimum atomic E-state index is -0.846. The van der Waals surface area contributed by atoms with Crippen LogP contribution in [0.25, 0.3) is 0 Å². The molecule has 0 radical (unpaired) electrons. The van der Waals surface area contributed by atoms with Crippen LogP contribution in [0.2, 0.25) is 0 Å². The summed E-state index contributed by atoms with van der Waals surface area (Å²) in [5.41, 5.74) is 7.53. The number of hydrogen-bond donors (Lipinski definition) is 1. The van der Waals surface area contributed by atoms with Gasteiger partial charge in [-0.3, -0.25) is 14.9 Å². The van der Waals surface area contributed by atoms with Gasteiger partial charge < -0.3 is 15.2 Å². The zero-order valence-corrected chi connectivity index (χ0v) is 19.1. The molecule has 0 spiro atoms. The van der Waals surface area contributed by atoms with Gasteiger partial charge in [0, 0.05) is 29.2 Å². The summed E-state index contributed by atoms with van der Waals surface area (Å²) in [6.45, 7) is 0. The molecule has 1 aliphatic heterocycles. The summed E-state index contributed by atoms with van der Waals surface area (Å²) in [7, 11) is 2.77. The van der Waals surface area contributed by atoms with Crippen molar-refractivity contribution in [2.45, 2.75) is 5.92 Å². The number of ketones is 1. The van der Waals surface area contributed by atoms with Crippen molar-refractivity contribution in [3.8, 4) is 5.75 Å². The molecule has 2 N–H and O–H groups in total. The standard InChI is InChI=1S/C22H20N2O6S2/c1-29-15-10-6-13(7-11-15)19(25)17-16(12-4-8-14(9-5-12)24(27)28)18(21(26)30-2)20(23)32-22(17)31-3/h4-11,16H,23H2,1-3H3. The lowest BCUT2D eigenvalue weighted by molar-refractivity contribution is -0.384. The number of non-ortho nitro benzene ring substituents is 1. The number of carbonyl (C=O) groups is 2. The van der Waals surface area contributed by atoms with Crippen LogP contribution >= 0.6 is 23.5 Å². The van der Waals surface area contributed by atoms with Gasteiger partial charge in [-0.2, -0.15) is 0 Å². The number of nitrogens with zero attached hydrogens (tertiary/aromatic N) is 1. The van der Waals surface area contributed by atoms with E-state index < -0.39 is 16.8 Å². The van der Waals surface area contributed by atoms with Crippen LogP contribution in [0.5, 0.6) is 5.75 Å². The van der Waals surface area contributed by atoms with Gasteiger partial charge in [0.25, 0.3) is 5.69 Å². The molecule has 1 aliphatic rings. The summed E-state index contributed by atoms with van der Waals surface area (Å²) in [6, 6.07) is 12.3. The molecular formula is C22H20N2O6S2. The summed E-state index contributed by atoms with van der Waals surface area (Å²) >= 11 is 2.47. The van der Waals surface area contributed by atoms with E-state index in [0.717, 1.165) is 11.8 Å². The van der Waals surface area contributed by atoms with Crippen LogP contribution in [-0.4, -0.2) is 37.2 Å². The number of hydrogen-bond acceptors (Lipinski definition) is 9. The smallest absolute Gasteiger partial charge is 0.337 e. The Kier molecular flexibility index (Phi) is 7.26. The minimum absolute atomic E-state index is 0.104. The van der Waals surface area contributed by atoms with Crippen LogP contribution < -0.4 is 10.5 Å². The second-order valence-corrected chi connectivity index (χ2v) is 8.74. The third-order valence-electron chi connectivity index (χ3n) is 4.89. The molecule has 10 heteroatoms. The molecule has 1 unspecified atom stereocenters. The normalized spacial score (nSPS) is 16.0. The van der Waals surface area contributed by atoms with E-state index in [4.69, 9.17) is 15.2 Å². The SMILES string of the molecule is COC(=O)C1=C(N)SC(SC)=C(C(=O)c2ccc(OC)cc2)C1c1ccc([N+](=O)[O-])cc1. The Hall–Kier alpha value is -3.24. The lowest BCUT2D eigenvalue weighted by atomic mass is 9.81. The predicted molar refractivity (Wildman–Crippen MR) is 125 cm³/mol. The van der Waals surface area contributed by atoms with Gasteiger partial charge in [0.05, 0.1) is 34.0 Å². The van der Waals surface area contributed by atoms with Crippen molar-refractivity contribution >= 4 is 41.0 Å². The number of ether oxygens (including phenoxy) is 2. The Morgan fingerprint density at radius 2 is 1.69 bits per heavy atom. The van der Waals surface area contributed by atoms with Crippen LogP contribution in [0.4, 0.5) is 5.69 Å². The number of carbonyl (C=O) groups excluding carboxylic acids is 2. The van der Waals surface area contributed by atoms with Gasteiger partial charge in [0.2, 0.25) is 0 Å². The number of thioether (sulfide) groups is 2. The van der Waals surface area contributed by atoms with Crippen molar-refractivity contribution < 1.29 is 24.0 Å². The quantitative estimate of drug-likeness (QED) is 0.273. The monoisotopic (exact) mass is 472 g/mol. The molecule has 8 nitrogen and oxygen atoms in total. The van der Waals surface area contributed by atoms with Crippen molar-refractivity contribution in [1.82, 2.24) is 0 Å². The summed E-state index contributed by atoms with van der Waals surface area (Å²) in [6.07, 6.45) is 1.81. The van der Waals surface area contributed by atoms with Crippen molar-refractivity contribution in [3.05, 3.63) is 90.2 Å². The number of rotatable bonds is 7. The van der Waals surface area contributed by atoms with Gasteiger partial charge in [-0.1, -0.05) is 23.9 Å². The number of Topliss-reactive ketones (excluding diaryl/α,β-unsaturated/α-hetero) is 1. The van der Waals surface area contributed by atoms with Crippen molar-refractivity contribution in [2.24, 2.45) is 5.73 Å². The number of nitro benzene ring substituents is 1. The van der Waals surface area contributed by atoms with Crippen molar-refractivity contribution in [1.29, 1.82) is 0 Å². The Morgan fingerprint density at radius 3 is 2.19 bits per heavy atom. The fourth-order valence-corrected chi connectivity index (χ4v) is 5.20. The first kappa shape index (κ1) is 23.4. The first-order valence-electron chi connectivity index (χ1n) is 9.29. The Morgan fingerprint density at radius 1 is 1.06 bits per heavy atom. The minimum Gasteiger partial charge on any atom is -0.497 e. The van der Waals surface area contributed by atoms with Crippen LogP contribution in [0.3, 0.4) is 0 Å². The molecule has 1 atom stereocenters. The second-order valence-electron chi connectivity index (χ2n) is 6.62. The highest BCUT2D eigenvalue weighted by molar-refractivity contribution is 8.23. The molecule has 0 bridgehead atoms. The van der Waals surface area contributed by atoms with Gasteiger partial charge in [0.15, 0.2) is 5.78 Å². The van der Waals surface area contributed by atoms with E-state index in [1.54, 1.807) is 24.3 Å². The van der Waals surface area contributed by atoms with E-state index >= 15 is 0 Å². The van der Waals surface area contributed by atoms with Crippen LogP contribution in [0.1, 0.15) is 21.8 Å². The zero-order chi connectivity index (χ0) is 23.4. The van der Waals surface area contributed by atoms with E-state index in [1.165, 1.54) is 50.2 Å². The summed E-state index contributed by atoms with van der Waals surface area (Å²) in [4.78, 5) is 36.9. The number of benzene rings is 2. The molecule has 2 aromatic rings. The molecule has 0 aromatic heterocycles. The largest absolute Gasteiger partial charge is 0.497 e. The maximum atomic E-state index is 13.6. The summed E-state index contributed by atoms with van der Waals surface area (Å²) < 4.78 is 10.8. The highest BCUT2D eigenvalue weighted by atomic mass is 32.2. The Bertz CT molecular complexity index is 1120. The maximum Gasteiger partial charge on any atom is 0.337 e. The molecular weight excluding hydrogens is 452 g/mol. The van der Waals surface area contributed by atoms with Crippen molar-refractivity contribution in [3.63, 3.8) is 0 Å². The average Bonchev–Trinajstić information content (AvgIpc) is 2.82. The summed E-state index contributed by atoms with van der Waals surface area (Å²) in [5.74, 6) is -1.20. The molecule has 1 heterocycles. The van der Waals surface area contributed by atoms with E-state index in [1.807, 2.05) is 6.26 Å². The number of nitrogens with two attached hydrogens (primary N) is 1. The first-order chi connectivity index (χ1) is 15.3. The average molecular weight is 473 g/mol. The maximum absolute atomic E-state index is 13.6. The van der Waals surface area contributed by atoms with Crippen molar-refractivity contribution in [2.75, 3.05) is 20.5 Å². The molecule has 0 saturated carbocycles. The van der Waals surface area contributed by atoms with Gasteiger partial charge >= 0.3 is 5.97 Å². The van der Waals surface area contributed by atoms with Gasteiger partial charge in [-0.05, 0) is 36.1 Å². The molecule has 3 rings (SSSR count). The lowest BCUT2D eigenvalue weighted by Gasteiger charge is -2.29. The van der Waals surface area contributed by atoms with E-state index in [2.05, 4.69) is 0 Å². The van der Waals surface area contributed by atoms with E-state index in [-0.39, 0.29) is 22.1 Å². The lowest BCUT2D eigenvalue weighted by Crippen LogP contribution is -2.26. The third kappa shape index (κ3) is 4.51. The van der Waals surface area contributed by atoms with Gasteiger partial charge in [0.1, 0.15) is 5.75 Å². The topological polar surface area (TPSA) is 122 Å². The van der Waals surface area contributed by atoms with E-state index in [0.29, 0.717) is 26.7 Å². The van der Waals surface area contributed by atoms with E-state index in [9.17, 15) is 19.7 Å². The predicted octanol–water partition coefficient (Wildman–Crippen LogP) is 4.23. The number of methoxy groups -OCH3 is 2. The first-order valence-corrected chi connectivity index (χ1v) is 11.3. The zero-order valence-electron chi connectivity index (χ0n) is 17.5. The molecule has 0 aliphatic carbocycles. The molecule has 0 saturated heterocycles. The number of allylic oxidation sites excluding steroid dienone is 1. The highest BCUT2D eigenvalue weighted by Gasteiger charge is 2.39. The molecule has 0 amide bonds. The molecule has 32 heavy (non-hydrogen) atoms. The molecule has 2 aromatic carbocycles.